The lowest BCUT2D eigenvalue weighted by Gasteiger charge is -2.02. The van der Waals surface area contributed by atoms with E-state index >= 15 is 0 Å². The Morgan fingerprint density at radius 1 is 1.33 bits per heavy atom. The summed E-state index contributed by atoms with van der Waals surface area (Å²) in [5.74, 6) is 0. The first-order valence-corrected chi connectivity index (χ1v) is 7.37. The standard InChI is InChI=1S/C13H12BrN3S/c14-9-3-4-12-16-13(11-2-1-7-18-11)10(5-6-15)17(12)8-9/h1-4,7-8H,5-6,15H2. The number of imidazole rings is 1. The summed E-state index contributed by atoms with van der Waals surface area (Å²) in [5.41, 5.74) is 8.91. The number of nitrogens with zero attached hydrogens (tertiary/aromatic N) is 2. The fraction of sp³-hybridized carbons (Fsp3) is 0.154. The summed E-state index contributed by atoms with van der Waals surface area (Å²) in [7, 11) is 0. The summed E-state index contributed by atoms with van der Waals surface area (Å²) in [6.45, 7) is 0.624. The molecular formula is C13H12BrN3S. The molecule has 0 bridgehead atoms. The van der Waals surface area contributed by atoms with Crippen molar-refractivity contribution in [2.24, 2.45) is 5.73 Å². The smallest absolute Gasteiger partial charge is 0.137 e. The Kier molecular flexibility index (Phi) is 3.20. The molecule has 5 heteroatoms. The first-order valence-electron chi connectivity index (χ1n) is 5.70. The molecule has 3 rings (SSSR count). The fourth-order valence-corrected chi connectivity index (χ4v) is 3.13. The molecule has 0 spiro atoms. The molecule has 0 aliphatic heterocycles. The summed E-state index contributed by atoms with van der Waals surface area (Å²) >= 11 is 5.21. The second-order valence-electron chi connectivity index (χ2n) is 4.00. The molecule has 0 fully saturated rings. The highest BCUT2D eigenvalue weighted by atomic mass is 79.9. The highest BCUT2D eigenvalue weighted by Crippen LogP contribution is 2.29. The van der Waals surface area contributed by atoms with Gasteiger partial charge in [0, 0.05) is 17.1 Å². The molecule has 0 aromatic carbocycles. The van der Waals surface area contributed by atoms with Crippen LogP contribution < -0.4 is 5.73 Å². The Morgan fingerprint density at radius 2 is 2.22 bits per heavy atom. The fourth-order valence-electron chi connectivity index (χ4n) is 2.05. The first-order chi connectivity index (χ1) is 8.79. The van der Waals surface area contributed by atoms with Crippen molar-refractivity contribution < 1.29 is 0 Å². The monoisotopic (exact) mass is 321 g/mol. The van der Waals surface area contributed by atoms with Gasteiger partial charge in [0.05, 0.1) is 10.6 Å². The highest BCUT2D eigenvalue weighted by Gasteiger charge is 2.14. The van der Waals surface area contributed by atoms with Crippen LogP contribution in [0.5, 0.6) is 0 Å². The number of nitrogens with two attached hydrogens (primary N) is 1. The van der Waals surface area contributed by atoms with Gasteiger partial charge in [0.1, 0.15) is 11.3 Å². The second kappa shape index (κ2) is 4.84. The number of halogens is 1. The summed E-state index contributed by atoms with van der Waals surface area (Å²) in [6.07, 6.45) is 2.87. The summed E-state index contributed by atoms with van der Waals surface area (Å²) < 4.78 is 3.16. The number of pyridine rings is 1. The van der Waals surface area contributed by atoms with Gasteiger partial charge in [0.25, 0.3) is 0 Å². The van der Waals surface area contributed by atoms with E-state index in [0.29, 0.717) is 6.54 Å². The number of thiophene rings is 1. The zero-order chi connectivity index (χ0) is 12.5. The summed E-state index contributed by atoms with van der Waals surface area (Å²) in [4.78, 5) is 5.90. The SMILES string of the molecule is NCCc1c(-c2cccs2)nc2ccc(Br)cn12. The van der Waals surface area contributed by atoms with Gasteiger partial charge in [0.2, 0.25) is 0 Å². The highest BCUT2D eigenvalue weighted by molar-refractivity contribution is 9.10. The molecule has 0 unspecified atom stereocenters. The van der Waals surface area contributed by atoms with Crippen LogP contribution in [0.4, 0.5) is 0 Å². The van der Waals surface area contributed by atoms with E-state index in [1.165, 1.54) is 10.6 Å². The maximum Gasteiger partial charge on any atom is 0.137 e. The molecule has 0 aliphatic carbocycles. The number of hydrogen-bond acceptors (Lipinski definition) is 3. The molecule has 18 heavy (non-hydrogen) atoms. The van der Waals surface area contributed by atoms with E-state index in [9.17, 15) is 0 Å². The number of fused-ring (bicyclic) bond motifs is 1. The summed E-state index contributed by atoms with van der Waals surface area (Å²) in [6, 6.07) is 8.17. The predicted octanol–water partition coefficient (Wildman–Crippen LogP) is 3.33. The van der Waals surface area contributed by atoms with E-state index in [4.69, 9.17) is 10.7 Å². The van der Waals surface area contributed by atoms with Crippen LogP contribution in [0.3, 0.4) is 0 Å². The first kappa shape index (κ1) is 11.9. The van der Waals surface area contributed by atoms with Gasteiger partial charge in [-0.15, -0.1) is 11.3 Å². The number of rotatable bonds is 3. The van der Waals surface area contributed by atoms with Crippen LogP contribution in [0.2, 0.25) is 0 Å². The molecule has 3 heterocycles. The lowest BCUT2D eigenvalue weighted by atomic mass is 10.2. The van der Waals surface area contributed by atoms with Crippen molar-refractivity contribution in [3.63, 3.8) is 0 Å². The molecule has 0 amide bonds. The van der Waals surface area contributed by atoms with Crippen molar-refractivity contribution in [3.8, 4) is 10.6 Å². The molecule has 92 valence electrons. The van der Waals surface area contributed by atoms with Crippen molar-refractivity contribution in [2.45, 2.75) is 6.42 Å². The number of hydrogen-bond donors (Lipinski definition) is 1. The van der Waals surface area contributed by atoms with Gasteiger partial charge < -0.3 is 10.1 Å². The Morgan fingerprint density at radius 3 is 2.94 bits per heavy atom. The van der Waals surface area contributed by atoms with Crippen LogP contribution in [0.1, 0.15) is 5.69 Å². The van der Waals surface area contributed by atoms with Crippen molar-refractivity contribution in [3.05, 3.63) is 46.0 Å². The minimum Gasteiger partial charge on any atom is -0.330 e. The van der Waals surface area contributed by atoms with E-state index in [1.54, 1.807) is 11.3 Å². The molecule has 0 aliphatic rings. The average molecular weight is 322 g/mol. The third-order valence-corrected chi connectivity index (χ3v) is 4.16. The Hall–Kier alpha value is -1.17. The molecule has 3 nitrogen and oxygen atoms in total. The predicted molar refractivity (Wildman–Crippen MR) is 79.0 cm³/mol. The third-order valence-electron chi connectivity index (χ3n) is 2.82. The molecule has 2 N–H and O–H groups in total. The summed E-state index contributed by atoms with van der Waals surface area (Å²) in [5, 5.41) is 2.07. The van der Waals surface area contributed by atoms with Gasteiger partial charge in [-0.2, -0.15) is 0 Å². The molecule has 3 aromatic rings. The van der Waals surface area contributed by atoms with E-state index in [0.717, 1.165) is 22.2 Å². The van der Waals surface area contributed by atoms with E-state index < -0.39 is 0 Å². The topological polar surface area (TPSA) is 43.3 Å². The van der Waals surface area contributed by atoms with E-state index in [1.807, 2.05) is 24.4 Å². The number of aromatic nitrogens is 2. The van der Waals surface area contributed by atoms with E-state index in [-0.39, 0.29) is 0 Å². The van der Waals surface area contributed by atoms with Crippen LogP contribution >= 0.6 is 27.3 Å². The van der Waals surface area contributed by atoms with Crippen molar-refractivity contribution in [1.29, 1.82) is 0 Å². The maximum absolute atomic E-state index is 5.72. The molecule has 0 atom stereocenters. The van der Waals surface area contributed by atoms with Crippen molar-refractivity contribution in [2.75, 3.05) is 6.54 Å². The normalized spacial score (nSPS) is 11.2. The molecule has 0 saturated heterocycles. The van der Waals surface area contributed by atoms with Gasteiger partial charge in [-0.05, 0) is 46.1 Å². The van der Waals surface area contributed by atoms with Crippen molar-refractivity contribution >= 4 is 32.9 Å². The quantitative estimate of drug-likeness (QED) is 0.804. The molecule has 0 radical (unpaired) electrons. The molecule has 0 saturated carbocycles. The van der Waals surface area contributed by atoms with E-state index in [2.05, 4.69) is 31.8 Å². The maximum atomic E-state index is 5.72. The molecule has 3 aromatic heterocycles. The van der Waals surface area contributed by atoms with Crippen LogP contribution in [0, 0.1) is 0 Å². The average Bonchev–Trinajstić information content (AvgIpc) is 2.98. The second-order valence-corrected chi connectivity index (χ2v) is 5.86. The van der Waals surface area contributed by atoms with Crippen LogP contribution in [-0.4, -0.2) is 15.9 Å². The lowest BCUT2D eigenvalue weighted by Crippen LogP contribution is -2.06. The Bertz CT molecular complexity index is 673. The van der Waals surface area contributed by atoms with Gasteiger partial charge in [0.15, 0.2) is 0 Å². The molecular weight excluding hydrogens is 310 g/mol. The van der Waals surface area contributed by atoms with Crippen LogP contribution in [0.15, 0.2) is 40.3 Å². The minimum atomic E-state index is 0.624. The Labute approximate surface area is 117 Å². The zero-order valence-electron chi connectivity index (χ0n) is 9.64. The zero-order valence-corrected chi connectivity index (χ0v) is 12.0. The lowest BCUT2D eigenvalue weighted by molar-refractivity contribution is 0.906. The third kappa shape index (κ3) is 1.98. The van der Waals surface area contributed by atoms with Gasteiger partial charge in [-0.25, -0.2) is 4.98 Å². The minimum absolute atomic E-state index is 0.624. The largest absolute Gasteiger partial charge is 0.330 e. The van der Waals surface area contributed by atoms with Crippen LogP contribution in [-0.2, 0) is 6.42 Å². The van der Waals surface area contributed by atoms with Crippen molar-refractivity contribution in [1.82, 2.24) is 9.38 Å². The van der Waals surface area contributed by atoms with Crippen LogP contribution in [0.25, 0.3) is 16.2 Å². The Balaban J connectivity index is 2.27. The van der Waals surface area contributed by atoms with Gasteiger partial charge in [-0.3, -0.25) is 0 Å². The van der Waals surface area contributed by atoms with Gasteiger partial charge >= 0.3 is 0 Å². The van der Waals surface area contributed by atoms with Gasteiger partial charge in [-0.1, -0.05) is 6.07 Å².